The highest BCUT2D eigenvalue weighted by atomic mass is 16.5. The number of carbonyl (C=O) groups excluding carboxylic acids is 1. The number of para-hydroxylation sites is 1. The molecule has 3 nitrogen and oxygen atoms in total. The van der Waals surface area contributed by atoms with E-state index in [-0.39, 0.29) is 5.97 Å². The highest BCUT2D eigenvalue weighted by molar-refractivity contribution is 5.92. The predicted molar refractivity (Wildman–Crippen MR) is 89.7 cm³/mol. The van der Waals surface area contributed by atoms with Gasteiger partial charge in [0.05, 0.1) is 7.11 Å². The number of esters is 1. The molecule has 2 aromatic rings. The molecule has 22 heavy (non-hydrogen) atoms. The first-order chi connectivity index (χ1) is 10.7. The lowest BCUT2D eigenvalue weighted by molar-refractivity contribution is -0.136. The molecule has 0 saturated carbocycles. The van der Waals surface area contributed by atoms with Gasteiger partial charge < -0.3 is 9.64 Å². The molecule has 0 bridgehead atoms. The van der Waals surface area contributed by atoms with Gasteiger partial charge in [0.25, 0.3) is 0 Å². The first kappa shape index (κ1) is 15.8. The second-order valence-corrected chi connectivity index (χ2v) is 5.00. The van der Waals surface area contributed by atoms with Gasteiger partial charge in [-0.05, 0) is 30.5 Å². The molecule has 2 aromatic carbocycles. The Morgan fingerprint density at radius 3 is 2.23 bits per heavy atom. The van der Waals surface area contributed by atoms with Gasteiger partial charge in [-0.1, -0.05) is 54.6 Å². The number of hydrogen-bond acceptors (Lipinski definition) is 3. The molecule has 0 aliphatic carbocycles. The van der Waals surface area contributed by atoms with Crippen molar-refractivity contribution in [1.82, 2.24) is 0 Å². The van der Waals surface area contributed by atoms with Crippen LogP contribution in [0.25, 0.3) is 0 Å². The average Bonchev–Trinajstić information content (AvgIpc) is 2.59. The third-order valence-corrected chi connectivity index (χ3v) is 3.51. The molecular weight excluding hydrogens is 274 g/mol. The lowest BCUT2D eigenvalue weighted by atomic mass is 10.1. The van der Waals surface area contributed by atoms with Crippen LogP contribution in [0, 0.1) is 0 Å². The van der Waals surface area contributed by atoms with E-state index in [1.807, 2.05) is 66.6 Å². The van der Waals surface area contributed by atoms with Crippen LogP contribution in [0.3, 0.4) is 0 Å². The topological polar surface area (TPSA) is 29.5 Å². The third-order valence-electron chi connectivity index (χ3n) is 3.51. The van der Waals surface area contributed by atoms with Gasteiger partial charge in [-0.2, -0.15) is 0 Å². The van der Waals surface area contributed by atoms with E-state index in [4.69, 9.17) is 4.74 Å². The smallest absolute Gasteiger partial charge is 0.354 e. The van der Waals surface area contributed by atoms with E-state index in [2.05, 4.69) is 12.1 Å². The molecule has 0 unspecified atom stereocenters. The van der Waals surface area contributed by atoms with Crippen molar-refractivity contribution in [1.29, 1.82) is 0 Å². The molecular formula is C19H21NO2. The third kappa shape index (κ3) is 4.22. The zero-order valence-corrected chi connectivity index (χ0v) is 13.0. The average molecular weight is 295 g/mol. The van der Waals surface area contributed by atoms with Gasteiger partial charge in [0.15, 0.2) is 0 Å². The summed E-state index contributed by atoms with van der Waals surface area (Å²) in [6.45, 7) is 0. The van der Waals surface area contributed by atoms with Crippen LogP contribution in [0.5, 0.6) is 0 Å². The van der Waals surface area contributed by atoms with Gasteiger partial charge in [-0.25, -0.2) is 4.79 Å². The van der Waals surface area contributed by atoms with Gasteiger partial charge in [0, 0.05) is 12.7 Å². The first-order valence-electron chi connectivity index (χ1n) is 7.33. The Morgan fingerprint density at radius 2 is 1.64 bits per heavy atom. The number of carbonyl (C=O) groups is 1. The van der Waals surface area contributed by atoms with Crippen LogP contribution >= 0.6 is 0 Å². The standard InChI is InChI=1S/C19H21NO2/c1-20(17-13-7-4-8-14-17)18(19(21)22-2)15-9-12-16-10-5-3-6-11-16/h3-8,10-11,13-15H,9,12H2,1-2H3/b18-15-. The van der Waals surface area contributed by atoms with E-state index in [0.717, 1.165) is 18.5 Å². The Bertz CT molecular complexity index is 620. The summed E-state index contributed by atoms with van der Waals surface area (Å²) in [6.07, 6.45) is 3.61. The van der Waals surface area contributed by atoms with Crippen LogP contribution in [0.2, 0.25) is 0 Å². The van der Waals surface area contributed by atoms with E-state index >= 15 is 0 Å². The lowest BCUT2D eigenvalue weighted by Gasteiger charge is -2.21. The van der Waals surface area contributed by atoms with Crippen molar-refractivity contribution in [2.75, 3.05) is 19.1 Å². The first-order valence-corrected chi connectivity index (χ1v) is 7.33. The fourth-order valence-corrected chi connectivity index (χ4v) is 2.27. The molecule has 0 N–H and O–H groups in total. The van der Waals surface area contributed by atoms with Crippen LogP contribution < -0.4 is 4.90 Å². The van der Waals surface area contributed by atoms with Crippen molar-refractivity contribution in [3.63, 3.8) is 0 Å². The summed E-state index contributed by atoms with van der Waals surface area (Å²) in [5.74, 6) is -0.320. The minimum absolute atomic E-state index is 0.320. The van der Waals surface area contributed by atoms with Gasteiger partial charge in [0.2, 0.25) is 0 Å². The number of likely N-dealkylation sites (N-methyl/N-ethyl adjacent to an activating group) is 1. The summed E-state index contributed by atoms with van der Waals surface area (Å²) >= 11 is 0. The quantitative estimate of drug-likeness (QED) is 0.599. The molecule has 0 amide bonds. The van der Waals surface area contributed by atoms with Crippen molar-refractivity contribution in [3.05, 3.63) is 78.0 Å². The number of rotatable bonds is 6. The molecule has 0 aliphatic heterocycles. The maximum Gasteiger partial charge on any atom is 0.354 e. The second kappa shape index (κ2) is 8.03. The van der Waals surface area contributed by atoms with Crippen molar-refractivity contribution in [3.8, 4) is 0 Å². The number of benzene rings is 2. The summed E-state index contributed by atoms with van der Waals surface area (Å²) in [4.78, 5) is 13.9. The highest BCUT2D eigenvalue weighted by Gasteiger charge is 2.15. The summed E-state index contributed by atoms with van der Waals surface area (Å²) in [7, 11) is 3.28. The number of anilines is 1. The van der Waals surface area contributed by atoms with Crippen LogP contribution in [-0.4, -0.2) is 20.1 Å². The lowest BCUT2D eigenvalue weighted by Crippen LogP contribution is -2.24. The summed E-state index contributed by atoms with van der Waals surface area (Å²) in [5, 5.41) is 0. The van der Waals surface area contributed by atoms with E-state index in [9.17, 15) is 4.79 Å². The van der Waals surface area contributed by atoms with Crippen LogP contribution in [-0.2, 0) is 16.0 Å². The highest BCUT2D eigenvalue weighted by Crippen LogP contribution is 2.18. The monoisotopic (exact) mass is 295 g/mol. The van der Waals surface area contributed by atoms with Crippen LogP contribution in [0.15, 0.2) is 72.4 Å². The Labute approximate surface area is 131 Å². The molecule has 0 aromatic heterocycles. The Kier molecular flexibility index (Phi) is 5.78. The van der Waals surface area contributed by atoms with E-state index < -0.39 is 0 Å². The molecule has 0 radical (unpaired) electrons. The number of aryl methyl sites for hydroxylation is 1. The molecule has 0 atom stereocenters. The van der Waals surface area contributed by atoms with Crippen molar-refractivity contribution < 1.29 is 9.53 Å². The molecule has 0 spiro atoms. The van der Waals surface area contributed by atoms with E-state index in [0.29, 0.717) is 5.70 Å². The maximum atomic E-state index is 12.0. The second-order valence-electron chi connectivity index (χ2n) is 5.00. The Hall–Kier alpha value is -2.55. The van der Waals surface area contributed by atoms with E-state index in [1.165, 1.54) is 12.7 Å². The molecule has 0 heterocycles. The number of methoxy groups -OCH3 is 1. The summed E-state index contributed by atoms with van der Waals surface area (Å²) in [5.41, 5.74) is 2.77. The molecule has 2 rings (SSSR count). The number of ether oxygens (including phenoxy) is 1. The maximum absolute atomic E-state index is 12.0. The van der Waals surface area contributed by atoms with Gasteiger partial charge in [0.1, 0.15) is 5.70 Å². The number of allylic oxidation sites excluding steroid dienone is 1. The van der Waals surface area contributed by atoms with Gasteiger partial charge in [-0.3, -0.25) is 0 Å². The van der Waals surface area contributed by atoms with Crippen molar-refractivity contribution in [2.45, 2.75) is 12.8 Å². The Balaban J connectivity index is 2.12. The van der Waals surface area contributed by atoms with E-state index in [1.54, 1.807) is 0 Å². The van der Waals surface area contributed by atoms with Crippen LogP contribution in [0.4, 0.5) is 5.69 Å². The molecule has 0 fully saturated rings. The molecule has 0 aliphatic rings. The largest absolute Gasteiger partial charge is 0.464 e. The normalized spacial score (nSPS) is 11.1. The predicted octanol–water partition coefficient (Wildman–Crippen LogP) is 3.81. The van der Waals surface area contributed by atoms with Gasteiger partial charge in [-0.15, -0.1) is 0 Å². The Morgan fingerprint density at radius 1 is 1.05 bits per heavy atom. The number of nitrogens with zero attached hydrogens (tertiary/aromatic N) is 1. The summed E-state index contributed by atoms with van der Waals surface area (Å²) in [6, 6.07) is 20.0. The molecule has 0 saturated heterocycles. The zero-order chi connectivity index (χ0) is 15.8. The fourth-order valence-electron chi connectivity index (χ4n) is 2.27. The summed E-state index contributed by atoms with van der Waals surface area (Å²) < 4.78 is 4.91. The van der Waals surface area contributed by atoms with Crippen LogP contribution in [0.1, 0.15) is 12.0 Å². The zero-order valence-electron chi connectivity index (χ0n) is 13.0. The van der Waals surface area contributed by atoms with Crippen molar-refractivity contribution >= 4 is 11.7 Å². The fraction of sp³-hybridized carbons (Fsp3) is 0.211. The van der Waals surface area contributed by atoms with Gasteiger partial charge >= 0.3 is 5.97 Å². The minimum atomic E-state index is -0.320. The SMILES string of the molecule is COC(=O)/C(=C/CCc1ccccc1)N(C)c1ccccc1. The van der Waals surface area contributed by atoms with Crippen molar-refractivity contribution in [2.24, 2.45) is 0 Å². The minimum Gasteiger partial charge on any atom is -0.464 e. The molecule has 114 valence electrons. The molecule has 3 heteroatoms. The number of hydrogen-bond donors (Lipinski definition) is 0.